The van der Waals surface area contributed by atoms with Gasteiger partial charge in [0.2, 0.25) is 5.95 Å². The number of aromatic nitrogens is 3. The minimum atomic E-state index is -0.131. The summed E-state index contributed by atoms with van der Waals surface area (Å²) in [5, 5.41) is 18.4. The smallest absolute Gasteiger partial charge is 0.224 e. The fraction of sp³-hybridized carbons (Fsp3) is 0.739. The van der Waals surface area contributed by atoms with Crippen molar-refractivity contribution in [2.24, 2.45) is 0 Å². The summed E-state index contributed by atoms with van der Waals surface area (Å²) >= 11 is 0. The summed E-state index contributed by atoms with van der Waals surface area (Å²) in [6, 6.07) is 1.79. The first-order chi connectivity index (χ1) is 14.2. The Kier molecular flexibility index (Phi) is 5.48. The summed E-state index contributed by atoms with van der Waals surface area (Å²) in [7, 11) is 0. The Morgan fingerprint density at radius 2 is 1.90 bits per heavy atom. The van der Waals surface area contributed by atoms with Gasteiger partial charge in [-0.2, -0.15) is 4.98 Å². The molecule has 2 saturated heterocycles. The predicted octanol–water partition coefficient (Wildman–Crippen LogP) is 4.12. The second-order valence-corrected chi connectivity index (χ2v) is 9.47. The Balaban J connectivity index is 1.49. The van der Waals surface area contributed by atoms with Gasteiger partial charge in [0.15, 0.2) is 0 Å². The Labute approximate surface area is 173 Å². The van der Waals surface area contributed by atoms with E-state index in [0.717, 1.165) is 56.7 Å². The van der Waals surface area contributed by atoms with Crippen LogP contribution in [0.4, 0.5) is 5.95 Å². The van der Waals surface area contributed by atoms with Gasteiger partial charge in [0, 0.05) is 42.5 Å². The molecule has 2 aliphatic heterocycles. The Hall–Kier alpha value is -1.66. The van der Waals surface area contributed by atoms with Gasteiger partial charge in [-0.25, -0.2) is 4.98 Å². The maximum absolute atomic E-state index is 9.97. The topological polar surface area (TPSA) is 75.0 Å². The molecule has 0 aromatic carbocycles. The van der Waals surface area contributed by atoms with E-state index in [1.165, 1.54) is 36.6 Å². The van der Waals surface area contributed by atoms with Crippen molar-refractivity contribution in [3.8, 4) is 0 Å². The van der Waals surface area contributed by atoms with Crippen molar-refractivity contribution in [1.82, 2.24) is 19.9 Å². The van der Waals surface area contributed by atoms with Crippen LogP contribution in [0, 0.1) is 0 Å². The molecule has 0 radical (unpaired) electrons. The van der Waals surface area contributed by atoms with Gasteiger partial charge >= 0.3 is 0 Å². The number of nitrogens with one attached hydrogen (secondary N) is 2. The summed E-state index contributed by atoms with van der Waals surface area (Å²) in [6.45, 7) is 3.12. The number of hydrogen-bond donors (Lipinski definition) is 3. The van der Waals surface area contributed by atoms with Gasteiger partial charge in [-0.15, -0.1) is 0 Å². The van der Waals surface area contributed by atoms with Crippen LogP contribution in [-0.4, -0.2) is 44.4 Å². The summed E-state index contributed by atoms with van der Waals surface area (Å²) in [6.07, 6.45) is 15.6. The fourth-order valence-electron chi connectivity index (χ4n) is 5.77. The average Bonchev–Trinajstić information content (AvgIpc) is 3.28. The normalized spacial score (nSPS) is 32.0. The summed E-state index contributed by atoms with van der Waals surface area (Å²) < 4.78 is 2.42. The molecular formula is C23H35N5O. The van der Waals surface area contributed by atoms with E-state index in [2.05, 4.69) is 39.5 Å². The second kappa shape index (κ2) is 8.23. The molecule has 3 fully saturated rings. The molecule has 1 unspecified atom stereocenters. The van der Waals surface area contributed by atoms with Crippen molar-refractivity contribution < 1.29 is 5.11 Å². The van der Waals surface area contributed by atoms with Crippen LogP contribution in [0.2, 0.25) is 0 Å². The molecule has 0 spiro atoms. The van der Waals surface area contributed by atoms with Crippen LogP contribution in [0.5, 0.6) is 0 Å². The highest BCUT2D eigenvalue weighted by Crippen LogP contribution is 2.42. The second-order valence-electron chi connectivity index (χ2n) is 9.47. The predicted molar refractivity (Wildman–Crippen MR) is 116 cm³/mol. The molecule has 4 heterocycles. The standard InChI is InChI=1S/C23H35N5O/c1-2-3-10-24-23-25-13-20-21(15-11-16-4-5-17(12-15)26-16)14-28(22(20)27-23)18-6-8-19(29)9-7-18/h13-19,26,29H,2-12H2,1H3,(H,24,25,27)/t15?,16-,17+,18?,19?. The first kappa shape index (κ1) is 19.3. The van der Waals surface area contributed by atoms with E-state index in [-0.39, 0.29) is 6.10 Å². The number of piperidine rings is 1. The molecule has 6 heteroatoms. The van der Waals surface area contributed by atoms with Crippen molar-refractivity contribution >= 4 is 17.0 Å². The zero-order valence-corrected chi connectivity index (χ0v) is 17.6. The molecule has 29 heavy (non-hydrogen) atoms. The van der Waals surface area contributed by atoms with Crippen molar-refractivity contribution in [2.75, 3.05) is 11.9 Å². The SMILES string of the molecule is CCCCNc1ncc2c(C3C[C@H]4CC[C@@H](C3)N4)cn(C3CCC(O)CC3)c2n1. The molecular weight excluding hydrogens is 362 g/mol. The highest BCUT2D eigenvalue weighted by Gasteiger charge is 2.36. The van der Waals surface area contributed by atoms with Crippen LogP contribution >= 0.6 is 0 Å². The number of aliphatic hydroxyl groups excluding tert-OH is 1. The number of anilines is 1. The monoisotopic (exact) mass is 397 g/mol. The number of rotatable bonds is 6. The first-order valence-corrected chi connectivity index (χ1v) is 11.8. The lowest BCUT2D eigenvalue weighted by atomic mass is 9.86. The lowest BCUT2D eigenvalue weighted by Gasteiger charge is -2.29. The van der Waals surface area contributed by atoms with E-state index < -0.39 is 0 Å². The zero-order valence-electron chi connectivity index (χ0n) is 17.6. The minimum absolute atomic E-state index is 0.131. The van der Waals surface area contributed by atoms with Gasteiger partial charge < -0.3 is 20.3 Å². The third kappa shape index (κ3) is 3.89. The molecule has 3 N–H and O–H groups in total. The third-order valence-corrected chi connectivity index (χ3v) is 7.39. The Morgan fingerprint density at radius 1 is 1.14 bits per heavy atom. The number of aliphatic hydroxyl groups is 1. The van der Waals surface area contributed by atoms with Crippen molar-refractivity contribution in [1.29, 1.82) is 0 Å². The summed E-state index contributed by atoms with van der Waals surface area (Å²) in [5.74, 6) is 1.35. The van der Waals surface area contributed by atoms with Crippen molar-refractivity contribution in [3.05, 3.63) is 18.0 Å². The molecule has 2 aromatic heterocycles. The third-order valence-electron chi connectivity index (χ3n) is 7.39. The molecule has 3 atom stereocenters. The highest BCUT2D eigenvalue weighted by atomic mass is 16.3. The number of unbranched alkanes of at least 4 members (excludes halogenated alkanes) is 1. The molecule has 6 nitrogen and oxygen atoms in total. The van der Waals surface area contributed by atoms with Gasteiger partial charge in [-0.05, 0) is 69.3 Å². The van der Waals surface area contributed by atoms with Crippen LogP contribution < -0.4 is 10.6 Å². The summed E-state index contributed by atoms with van der Waals surface area (Å²) in [5.41, 5.74) is 2.53. The Bertz CT molecular complexity index is 829. The molecule has 1 aliphatic carbocycles. The summed E-state index contributed by atoms with van der Waals surface area (Å²) in [4.78, 5) is 9.64. The molecule has 5 rings (SSSR count). The van der Waals surface area contributed by atoms with E-state index >= 15 is 0 Å². The average molecular weight is 398 g/mol. The van der Waals surface area contributed by atoms with E-state index in [1.54, 1.807) is 0 Å². The molecule has 2 bridgehead atoms. The number of nitrogens with zero attached hydrogens (tertiary/aromatic N) is 3. The fourth-order valence-corrected chi connectivity index (χ4v) is 5.77. The van der Waals surface area contributed by atoms with Crippen LogP contribution in [0.15, 0.2) is 12.4 Å². The van der Waals surface area contributed by atoms with Gasteiger partial charge in [0.05, 0.1) is 6.10 Å². The van der Waals surface area contributed by atoms with Crippen LogP contribution in [0.3, 0.4) is 0 Å². The van der Waals surface area contributed by atoms with E-state index in [0.29, 0.717) is 24.0 Å². The van der Waals surface area contributed by atoms with Gasteiger partial charge in [0.25, 0.3) is 0 Å². The molecule has 2 aromatic rings. The van der Waals surface area contributed by atoms with Crippen molar-refractivity contribution in [3.63, 3.8) is 0 Å². The van der Waals surface area contributed by atoms with E-state index in [4.69, 9.17) is 4.98 Å². The van der Waals surface area contributed by atoms with Gasteiger partial charge in [-0.3, -0.25) is 0 Å². The first-order valence-electron chi connectivity index (χ1n) is 11.8. The van der Waals surface area contributed by atoms with Crippen LogP contribution in [0.1, 0.15) is 88.7 Å². The molecule has 1 saturated carbocycles. The van der Waals surface area contributed by atoms with Gasteiger partial charge in [0.1, 0.15) is 5.65 Å². The quantitative estimate of drug-likeness (QED) is 0.640. The maximum Gasteiger partial charge on any atom is 0.224 e. The maximum atomic E-state index is 9.97. The zero-order chi connectivity index (χ0) is 19.8. The van der Waals surface area contributed by atoms with E-state index in [9.17, 15) is 5.11 Å². The molecule has 3 aliphatic rings. The minimum Gasteiger partial charge on any atom is -0.393 e. The Morgan fingerprint density at radius 3 is 2.62 bits per heavy atom. The number of fused-ring (bicyclic) bond motifs is 3. The van der Waals surface area contributed by atoms with Gasteiger partial charge in [-0.1, -0.05) is 13.3 Å². The van der Waals surface area contributed by atoms with E-state index in [1.807, 2.05) is 0 Å². The van der Waals surface area contributed by atoms with Crippen LogP contribution in [-0.2, 0) is 0 Å². The lowest BCUT2D eigenvalue weighted by molar-refractivity contribution is 0.111. The molecule has 0 amide bonds. The van der Waals surface area contributed by atoms with Crippen molar-refractivity contribution in [2.45, 2.75) is 101 Å². The lowest BCUT2D eigenvalue weighted by Crippen LogP contribution is -2.37. The highest BCUT2D eigenvalue weighted by molar-refractivity contribution is 5.81. The van der Waals surface area contributed by atoms with Crippen LogP contribution in [0.25, 0.3) is 11.0 Å². The largest absolute Gasteiger partial charge is 0.393 e. The number of hydrogen-bond acceptors (Lipinski definition) is 5. The molecule has 158 valence electrons.